The Morgan fingerprint density at radius 2 is 2.14 bits per heavy atom. The van der Waals surface area contributed by atoms with Crippen LogP contribution in [0.25, 0.3) is 0 Å². The van der Waals surface area contributed by atoms with Gasteiger partial charge in [0.25, 0.3) is 0 Å². The minimum Gasteiger partial charge on any atom is -0.385 e. The lowest BCUT2D eigenvalue weighted by Gasteiger charge is -2.08. The van der Waals surface area contributed by atoms with Crippen LogP contribution in [-0.2, 0) is 4.74 Å². The van der Waals surface area contributed by atoms with E-state index in [0.29, 0.717) is 0 Å². The number of methoxy groups -OCH3 is 1. The van der Waals surface area contributed by atoms with Crippen LogP contribution in [0.4, 0.5) is 0 Å². The fraction of sp³-hybridized carbons (Fsp3) is 1.00. The summed E-state index contributed by atoms with van der Waals surface area (Å²) in [5.41, 5.74) is 0. The van der Waals surface area contributed by atoms with Gasteiger partial charge in [-0.05, 0) is 24.6 Å². The third-order valence-electron chi connectivity index (χ3n) is 2.22. The van der Waals surface area contributed by atoms with Gasteiger partial charge in [-0.25, -0.2) is 0 Å². The highest BCUT2D eigenvalue weighted by atomic mass is 32.2. The lowest BCUT2D eigenvalue weighted by Crippen LogP contribution is -2.19. The van der Waals surface area contributed by atoms with Crippen LogP contribution in [0.1, 0.15) is 26.7 Å². The van der Waals surface area contributed by atoms with Crippen molar-refractivity contribution in [2.45, 2.75) is 26.7 Å². The van der Waals surface area contributed by atoms with Crippen LogP contribution in [0.3, 0.4) is 0 Å². The van der Waals surface area contributed by atoms with E-state index in [1.807, 2.05) is 0 Å². The molecule has 0 aliphatic rings. The standard InChI is InChI=1S/C11H25NOS/c1-4-11(2)10-14-9-7-12-6-5-8-13-3/h11-12H,4-10H2,1-3H3. The molecule has 0 heterocycles. The third kappa shape index (κ3) is 10.4. The smallest absolute Gasteiger partial charge is 0.0474 e. The van der Waals surface area contributed by atoms with Crippen molar-refractivity contribution >= 4 is 11.8 Å². The molecule has 1 unspecified atom stereocenters. The predicted octanol–water partition coefficient (Wildman–Crippen LogP) is 2.39. The highest BCUT2D eigenvalue weighted by Crippen LogP contribution is 2.09. The van der Waals surface area contributed by atoms with Gasteiger partial charge in [-0.2, -0.15) is 11.8 Å². The summed E-state index contributed by atoms with van der Waals surface area (Å²) in [4.78, 5) is 0. The minimum atomic E-state index is 0.868. The van der Waals surface area contributed by atoms with Crippen molar-refractivity contribution < 1.29 is 4.74 Å². The number of ether oxygens (including phenoxy) is 1. The van der Waals surface area contributed by atoms with Crippen molar-refractivity contribution in [2.24, 2.45) is 5.92 Å². The Hall–Kier alpha value is 0.270. The molecule has 0 aromatic heterocycles. The summed E-state index contributed by atoms with van der Waals surface area (Å²) >= 11 is 2.06. The van der Waals surface area contributed by atoms with Crippen molar-refractivity contribution in [3.8, 4) is 0 Å². The van der Waals surface area contributed by atoms with E-state index in [2.05, 4.69) is 30.9 Å². The Bertz CT molecular complexity index is 111. The summed E-state index contributed by atoms with van der Waals surface area (Å²) in [6, 6.07) is 0. The number of thioether (sulfide) groups is 1. The van der Waals surface area contributed by atoms with Crippen molar-refractivity contribution in [3.05, 3.63) is 0 Å². The summed E-state index contributed by atoms with van der Waals surface area (Å²) in [5.74, 6) is 3.40. The average molecular weight is 219 g/mol. The Labute approximate surface area is 93.2 Å². The molecule has 0 aliphatic carbocycles. The Kier molecular flexibility index (Phi) is 11.6. The van der Waals surface area contributed by atoms with E-state index < -0.39 is 0 Å². The molecule has 0 fully saturated rings. The lowest BCUT2D eigenvalue weighted by atomic mass is 10.2. The van der Waals surface area contributed by atoms with Crippen LogP contribution in [-0.4, -0.2) is 38.3 Å². The van der Waals surface area contributed by atoms with Crippen molar-refractivity contribution in [1.82, 2.24) is 5.32 Å². The molecule has 0 aromatic rings. The zero-order valence-electron chi connectivity index (χ0n) is 9.84. The fourth-order valence-corrected chi connectivity index (χ4v) is 2.11. The van der Waals surface area contributed by atoms with Crippen LogP contribution in [0.2, 0.25) is 0 Å². The van der Waals surface area contributed by atoms with Crippen molar-refractivity contribution in [2.75, 3.05) is 38.3 Å². The summed E-state index contributed by atoms with van der Waals surface area (Å²) in [6.07, 6.45) is 2.42. The largest absolute Gasteiger partial charge is 0.385 e. The first kappa shape index (κ1) is 14.3. The molecule has 14 heavy (non-hydrogen) atoms. The van der Waals surface area contributed by atoms with E-state index in [4.69, 9.17) is 4.74 Å². The van der Waals surface area contributed by atoms with Crippen LogP contribution in [0, 0.1) is 5.92 Å². The van der Waals surface area contributed by atoms with E-state index in [1.165, 1.54) is 17.9 Å². The second-order valence-corrected chi connectivity index (χ2v) is 4.83. The molecule has 0 saturated heterocycles. The van der Waals surface area contributed by atoms with Crippen molar-refractivity contribution in [1.29, 1.82) is 0 Å². The third-order valence-corrected chi connectivity index (χ3v) is 3.52. The topological polar surface area (TPSA) is 21.3 Å². The molecule has 0 rings (SSSR count). The van der Waals surface area contributed by atoms with Gasteiger partial charge in [0.1, 0.15) is 0 Å². The Morgan fingerprint density at radius 1 is 1.36 bits per heavy atom. The maximum atomic E-state index is 4.97. The molecule has 0 saturated carbocycles. The number of rotatable bonds is 10. The molecule has 0 aromatic carbocycles. The van der Waals surface area contributed by atoms with Gasteiger partial charge in [-0.1, -0.05) is 20.3 Å². The number of hydrogen-bond acceptors (Lipinski definition) is 3. The summed E-state index contributed by atoms with van der Waals surface area (Å²) in [5, 5.41) is 3.41. The van der Waals surface area contributed by atoms with E-state index in [9.17, 15) is 0 Å². The number of hydrogen-bond donors (Lipinski definition) is 1. The highest BCUT2D eigenvalue weighted by molar-refractivity contribution is 7.99. The summed E-state index contributed by atoms with van der Waals surface area (Å²) in [6.45, 7) is 7.66. The van der Waals surface area contributed by atoms with Gasteiger partial charge in [0.15, 0.2) is 0 Å². The fourth-order valence-electron chi connectivity index (χ4n) is 1.01. The first-order chi connectivity index (χ1) is 6.81. The van der Waals surface area contributed by atoms with Gasteiger partial charge >= 0.3 is 0 Å². The van der Waals surface area contributed by atoms with Gasteiger partial charge in [0.2, 0.25) is 0 Å². The van der Waals surface area contributed by atoms with Crippen molar-refractivity contribution in [3.63, 3.8) is 0 Å². The van der Waals surface area contributed by atoms with Gasteiger partial charge in [0, 0.05) is 26.0 Å². The summed E-state index contributed by atoms with van der Waals surface area (Å²) < 4.78 is 4.97. The van der Waals surface area contributed by atoms with Gasteiger partial charge in [-0.3, -0.25) is 0 Å². The van der Waals surface area contributed by atoms with Crippen LogP contribution < -0.4 is 5.32 Å². The van der Waals surface area contributed by atoms with E-state index in [0.717, 1.165) is 32.0 Å². The maximum Gasteiger partial charge on any atom is 0.0474 e. The van der Waals surface area contributed by atoms with Gasteiger partial charge < -0.3 is 10.1 Å². The molecule has 0 radical (unpaired) electrons. The molecule has 0 bridgehead atoms. The van der Waals surface area contributed by atoms with E-state index in [-0.39, 0.29) is 0 Å². The van der Waals surface area contributed by atoms with Crippen LogP contribution in [0.5, 0.6) is 0 Å². The van der Waals surface area contributed by atoms with Gasteiger partial charge in [0.05, 0.1) is 0 Å². The second kappa shape index (κ2) is 11.3. The minimum absolute atomic E-state index is 0.868. The molecule has 1 atom stereocenters. The second-order valence-electron chi connectivity index (χ2n) is 3.68. The molecule has 0 aliphatic heterocycles. The zero-order chi connectivity index (χ0) is 10.6. The Morgan fingerprint density at radius 3 is 2.79 bits per heavy atom. The average Bonchev–Trinajstić information content (AvgIpc) is 2.21. The lowest BCUT2D eigenvalue weighted by molar-refractivity contribution is 0.194. The molecule has 2 nitrogen and oxygen atoms in total. The molecule has 0 amide bonds. The van der Waals surface area contributed by atoms with E-state index in [1.54, 1.807) is 7.11 Å². The monoisotopic (exact) mass is 219 g/mol. The molecule has 1 N–H and O–H groups in total. The normalized spacial score (nSPS) is 13.1. The molecule has 86 valence electrons. The van der Waals surface area contributed by atoms with E-state index >= 15 is 0 Å². The first-order valence-corrected chi connectivity index (χ1v) is 6.74. The Balaban J connectivity index is 2.92. The molecular weight excluding hydrogens is 194 g/mol. The number of nitrogens with one attached hydrogen (secondary N) is 1. The van der Waals surface area contributed by atoms with Gasteiger partial charge in [-0.15, -0.1) is 0 Å². The van der Waals surface area contributed by atoms with Crippen LogP contribution >= 0.6 is 11.8 Å². The quantitative estimate of drug-likeness (QED) is 0.570. The maximum absolute atomic E-state index is 4.97. The SMILES string of the molecule is CCC(C)CSCCNCCCOC. The highest BCUT2D eigenvalue weighted by Gasteiger charge is 1.97. The van der Waals surface area contributed by atoms with Crippen LogP contribution in [0.15, 0.2) is 0 Å². The summed E-state index contributed by atoms with van der Waals surface area (Å²) in [7, 11) is 1.75. The molecular formula is C11H25NOS. The first-order valence-electron chi connectivity index (χ1n) is 5.58. The molecule has 0 spiro atoms. The molecule has 3 heteroatoms. The predicted molar refractivity (Wildman–Crippen MR) is 66.1 cm³/mol. The zero-order valence-corrected chi connectivity index (χ0v) is 10.7.